The Morgan fingerprint density at radius 2 is 2.12 bits per heavy atom. The third-order valence-electron chi connectivity index (χ3n) is 4.54. The van der Waals surface area contributed by atoms with E-state index in [4.69, 9.17) is 4.74 Å². The van der Waals surface area contributed by atoms with E-state index in [1.54, 1.807) is 24.6 Å². The lowest BCUT2D eigenvalue weighted by Gasteiger charge is -2.19. The molecule has 3 rings (SSSR count). The van der Waals surface area contributed by atoms with E-state index in [0.29, 0.717) is 16.4 Å². The summed E-state index contributed by atoms with van der Waals surface area (Å²) in [4.78, 5) is 34.3. The van der Waals surface area contributed by atoms with Crippen LogP contribution in [-0.2, 0) is 4.74 Å². The Morgan fingerprint density at radius 1 is 1.42 bits per heavy atom. The minimum Gasteiger partial charge on any atom is -0.462 e. The highest BCUT2D eigenvalue weighted by Crippen LogP contribution is 2.32. The Bertz CT molecular complexity index is 841. The van der Waals surface area contributed by atoms with Crippen LogP contribution in [-0.4, -0.2) is 33.4 Å². The summed E-state index contributed by atoms with van der Waals surface area (Å²) in [5, 5.41) is 1.36. The molecule has 0 unspecified atom stereocenters. The van der Waals surface area contributed by atoms with Crippen LogP contribution in [0.5, 0.6) is 0 Å². The summed E-state index contributed by atoms with van der Waals surface area (Å²) >= 11 is 1.44. The van der Waals surface area contributed by atoms with Crippen LogP contribution in [0.25, 0.3) is 11.0 Å². The number of hydrogen-bond donors (Lipinski definition) is 0. The van der Waals surface area contributed by atoms with Gasteiger partial charge in [-0.05, 0) is 38.5 Å². The van der Waals surface area contributed by atoms with Crippen molar-refractivity contribution in [3.05, 3.63) is 27.7 Å². The van der Waals surface area contributed by atoms with Crippen LogP contribution in [0.15, 0.2) is 16.1 Å². The number of rotatable bonds is 4. The molecule has 0 amide bonds. The first-order valence-electron chi connectivity index (χ1n) is 8.21. The lowest BCUT2D eigenvalue weighted by atomic mass is 10.1. The fourth-order valence-corrected chi connectivity index (χ4v) is 3.70. The van der Waals surface area contributed by atoms with Gasteiger partial charge in [-0.25, -0.2) is 14.8 Å². The maximum absolute atomic E-state index is 13.1. The van der Waals surface area contributed by atoms with Gasteiger partial charge in [-0.2, -0.15) is 0 Å². The van der Waals surface area contributed by atoms with E-state index in [1.807, 2.05) is 6.26 Å². The number of aromatic nitrogens is 3. The lowest BCUT2D eigenvalue weighted by molar-refractivity contribution is 0.0522. The van der Waals surface area contributed by atoms with Crippen LogP contribution in [0.4, 0.5) is 0 Å². The summed E-state index contributed by atoms with van der Waals surface area (Å²) in [6.07, 6.45) is 7.64. The van der Waals surface area contributed by atoms with Gasteiger partial charge in [0.25, 0.3) is 5.56 Å². The molecule has 2 aromatic rings. The highest BCUT2D eigenvalue weighted by atomic mass is 32.2. The molecule has 128 valence electrons. The molecule has 0 bridgehead atoms. The van der Waals surface area contributed by atoms with E-state index in [1.165, 1.54) is 11.8 Å². The van der Waals surface area contributed by atoms with Crippen molar-refractivity contribution in [2.45, 2.75) is 50.7 Å². The number of pyridine rings is 1. The SMILES string of the molecule is CCOC(=O)c1c(C)c2cnc(SC)nc2n(C2CCCC2)c1=O. The number of esters is 1. The first kappa shape index (κ1) is 17.0. The minimum absolute atomic E-state index is 0.0818. The van der Waals surface area contributed by atoms with E-state index in [0.717, 1.165) is 31.1 Å². The van der Waals surface area contributed by atoms with Crippen LogP contribution in [0.3, 0.4) is 0 Å². The summed E-state index contributed by atoms with van der Waals surface area (Å²) < 4.78 is 6.80. The Balaban J connectivity index is 2.34. The Kier molecular flexibility index (Phi) is 4.89. The second-order valence-electron chi connectivity index (χ2n) is 5.93. The fraction of sp³-hybridized carbons (Fsp3) is 0.529. The maximum atomic E-state index is 13.1. The smallest absolute Gasteiger partial charge is 0.344 e. The molecule has 0 spiro atoms. The molecular weight excluding hydrogens is 326 g/mol. The van der Waals surface area contributed by atoms with Crippen molar-refractivity contribution in [3.63, 3.8) is 0 Å². The molecule has 0 aliphatic heterocycles. The highest BCUT2D eigenvalue weighted by Gasteiger charge is 2.27. The molecule has 0 radical (unpaired) electrons. The van der Waals surface area contributed by atoms with Gasteiger partial charge in [-0.3, -0.25) is 9.36 Å². The van der Waals surface area contributed by atoms with Gasteiger partial charge in [-0.15, -0.1) is 0 Å². The van der Waals surface area contributed by atoms with Gasteiger partial charge in [0, 0.05) is 17.6 Å². The summed E-state index contributed by atoms with van der Waals surface area (Å²) in [6, 6.07) is 0.0818. The molecule has 2 heterocycles. The van der Waals surface area contributed by atoms with Crippen molar-refractivity contribution < 1.29 is 9.53 Å². The molecule has 0 saturated heterocycles. The standard InChI is InChI=1S/C17H21N3O3S/c1-4-23-16(22)13-10(2)12-9-18-17(24-3)19-14(12)20(15(13)21)11-7-5-6-8-11/h9,11H,4-8H2,1-3H3. The number of thioether (sulfide) groups is 1. The Morgan fingerprint density at radius 3 is 2.75 bits per heavy atom. The molecular formula is C17H21N3O3S. The number of carbonyl (C=O) groups is 1. The molecule has 2 aromatic heterocycles. The minimum atomic E-state index is -0.567. The zero-order chi connectivity index (χ0) is 17.3. The molecule has 0 N–H and O–H groups in total. The zero-order valence-electron chi connectivity index (χ0n) is 14.2. The van der Waals surface area contributed by atoms with E-state index in [-0.39, 0.29) is 23.8 Å². The number of fused-ring (bicyclic) bond motifs is 1. The number of aryl methyl sites for hydroxylation is 1. The largest absolute Gasteiger partial charge is 0.462 e. The molecule has 1 saturated carbocycles. The molecule has 7 heteroatoms. The van der Waals surface area contributed by atoms with Crippen LogP contribution in [0.1, 0.15) is 54.6 Å². The van der Waals surface area contributed by atoms with Crippen LogP contribution < -0.4 is 5.56 Å². The quantitative estimate of drug-likeness (QED) is 0.481. The van der Waals surface area contributed by atoms with Gasteiger partial charge >= 0.3 is 5.97 Å². The van der Waals surface area contributed by atoms with Gasteiger partial charge in [-0.1, -0.05) is 24.6 Å². The van der Waals surface area contributed by atoms with Gasteiger partial charge in [0.05, 0.1) is 6.61 Å². The van der Waals surface area contributed by atoms with Crippen LogP contribution >= 0.6 is 11.8 Å². The average Bonchev–Trinajstić information content (AvgIpc) is 3.09. The average molecular weight is 347 g/mol. The van der Waals surface area contributed by atoms with Gasteiger partial charge in [0.1, 0.15) is 11.2 Å². The van der Waals surface area contributed by atoms with E-state index >= 15 is 0 Å². The third kappa shape index (κ3) is 2.81. The van der Waals surface area contributed by atoms with Crippen molar-refractivity contribution in [2.75, 3.05) is 12.9 Å². The fourth-order valence-electron chi connectivity index (χ4n) is 3.36. The van der Waals surface area contributed by atoms with Crippen molar-refractivity contribution in [1.82, 2.24) is 14.5 Å². The van der Waals surface area contributed by atoms with Gasteiger partial charge in [0.15, 0.2) is 5.16 Å². The van der Waals surface area contributed by atoms with Crippen LogP contribution in [0.2, 0.25) is 0 Å². The van der Waals surface area contributed by atoms with Crippen molar-refractivity contribution >= 4 is 28.8 Å². The first-order valence-corrected chi connectivity index (χ1v) is 9.43. The molecule has 1 aliphatic carbocycles. The second kappa shape index (κ2) is 6.93. The van der Waals surface area contributed by atoms with Gasteiger partial charge in [0.2, 0.25) is 0 Å². The predicted molar refractivity (Wildman–Crippen MR) is 93.8 cm³/mol. The molecule has 0 atom stereocenters. The predicted octanol–water partition coefficient (Wildman–Crippen LogP) is 3.11. The monoisotopic (exact) mass is 347 g/mol. The lowest BCUT2D eigenvalue weighted by Crippen LogP contribution is -2.32. The molecule has 6 nitrogen and oxygen atoms in total. The topological polar surface area (TPSA) is 74.1 Å². The first-order chi connectivity index (χ1) is 11.6. The molecule has 1 aliphatic rings. The van der Waals surface area contributed by atoms with Crippen molar-refractivity contribution in [1.29, 1.82) is 0 Å². The van der Waals surface area contributed by atoms with Gasteiger partial charge < -0.3 is 4.74 Å². The van der Waals surface area contributed by atoms with E-state index < -0.39 is 5.97 Å². The van der Waals surface area contributed by atoms with Crippen molar-refractivity contribution in [2.24, 2.45) is 0 Å². The number of carbonyl (C=O) groups excluding carboxylic acids is 1. The number of ether oxygens (including phenoxy) is 1. The summed E-state index contributed by atoms with van der Waals surface area (Å²) in [5.41, 5.74) is 1.03. The molecule has 1 fully saturated rings. The zero-order valence-corrected chi connectivity index (χ0v) is 15.0. The highest BCUT2D eigenvalue weighted by molar-refractivity contribution is 7.98. The summed E-state index contributed by atoms with van der Waals surface area (Å²) in [6.45, 7) is 3.73. The number of nitrogens with zero attached hydrogens (tertiary/aromatic N) is 3. The normalized spacial score (nSPS) is 15.1. The summed E-state index contributed by atoms with van der Waals surface area (Å²) in [5.74, 6) is -0.567. The third-order valence-corrected chi connectivity index (χ3v) is 5.10. The number of hydrogen-bond acceptors (Lipinski definition) is 6. The summed E-state index contributed by atoms with van der Waals surface area (Å²) in [7, 11) is 0. The van der Waals surface area contributed by atoms with Crippen LogP contribution in [0, 0.1) is 6.92 Å². The molecule has 0 aromatic carbocycles. The maximum Gasteiger partial charge on any atom is 0.344 e. The van der Waals surface area contributed by atoms with Crippen molar-refractivity contribution in [3.8, 4) is 0 Å². The van der Waals surface area contributed by atoms with E-state index in [9.17, 15) is 9.59 Å². The second-order valence-corrected chi connectivity index (χ2v) is 6.70. The Hall–Kier alpha value is -1.89. The van der Waals surface area contributed by atoms with E-state index in [2.05, 4.69) is 9.97 Å². The molecule has 24 heavy (non-hydrogen) atoms. The Labute approximate surface area is 144 Å².